The number of para-hydroxylation sites is 1. The molecule has 3 aromatic carbocycles. The van der Waals surface area contributed by atoms with Gasteiger partial charge in [-0.3, -0.25) is 9.59 Å². The molecule has 6 rings (SSSR count). The second kappa shape index (κ2) is 7.24. The summed E-state index contributed by atoms with van der Waals surface area (Å²) in [5.41, 5.74) is 3.99. The molecular formula is C27H18O5. The van der Waals surface area contributed by atoms with Crippen LogP contribution in [0.1, 0.15) is 39.4 Å². The average Bonchev–Trinajstić information content (AvgIpc) is 3.14. The van der Waals surface area contributed by atoms with Crippen molar-refractivity contribution in [2.75, 3.05) is 6.61 Å². The Bertz CT molecular complexity index is 1330. The van der Waals surface area contributed by atoms with Crippen molar-refractivity contribution in [3.63, 3.8) is 0 Å². The van der Waals surface area contributed by atoms with Gasteiger partial charge in [0, 0.05) is 17.0 Å². The van der Waals surface area contributed by atoms with E-state index in [2.05, 4.69) is 6.08 Å². The van der Waals surface area contributed by atoms with Crippen molar-refractivity contribution in [1.29, 1.82) is 0 Å². The number of hydrogen-bond acceptors (Lipinski definition) is 5. The first kappa shape index (κ1) is 18.6. The third-order valence-electron chi connectivity index (χ3n) is 5.98. The number of ether oxygens (including phenoxy) is 3. The minimum Gasteiger partial charge on any atom is -0.489 e. The van der Waals surface area contributed by atoms with E-state index in [1.165, 1.54) is 0 Å². The zero-order valence-electron chi connectivity index (χ0n) is 17.0. The molecule has 0 bridgehead atoms. The van der Waals surface area contributed by atoms with Gasteiger partial charge < -0.3 is 14.2 Å². The minimum atomic E-state index is -0.313. The van der Waals surface area contributed by atoms with E-state index in [1.54, 1.807) is 18.2 Å². The van der Waals surface area contributed by atoms with Crippen LogP contribution in [-0.4, -0.2) is 18.4 Å². The van der Waals surface area contributed by atoms with Crippen LogP contribution >= 0.6 is 0 Å². The van der Waals surface area contributed by atoms with E-state index >= 15 is 0 Å². The number of esters is 1. The van der Waals surface area contributed by atoms with E-state index in [-0.39, 0.29) is 29.9 Å². The lowest BCUT2D eigenvalue weighted by Gasteiger charge is -2.29. The molecule has 32 heavy (non-hydrogen) atoms. The summed E-state index contributed by atoms with van der Waals surface area (Å²) < 4.78 is 17.6. The first-order chi connectivity index (χ1) is 15.7. The number of benzene rings is 3. The average molecular weight is 422 g/mol. The summed E-state index contributed by atoms with van der Waals surface area (Å²) in [4.78, 5) is 25.4. The van der Waals surface area contributed by atoms with Crippen LogP contribution in [0.5, 0.6) is 17.2 Å². The summed E-state index contributed by atoms with van der Waals surface area (Å²) in [6, 6.07) is 20.7. The molecule has 0 aromatic heterocycles. The molecular weight excluding hydrogens is 404 g/mol. The lowest BCUT2D eigenvalue weighted by atomic mass is 9.83. The molecule has 3 aliphatic rings. The van der Waals surface area contributed by atoms with Gasteiger partial charge in [-0.1, -0.05) is 48.5 Å². The SMILES string of the molecule is O=C1C[C@H](C2=Cc3ccccc3OC2)c2c(ccc3c2O/C(=C\c2ccccc2)C3=O)O1. The van der Waals surface area contributed by atoms with Gasteiger partial charge in [0.05, 0.1) is 12.0 Å². The fourth-order valence-electron chi connectivity index (χ4n) is 4.46. The summed E-state index contributed by atoms with van der Waals surface area (Å²) in [6.45, 7) is 0.360. The molecule has 0 N–H and O–H groups in total. The maximum Gasteiger partial charge on any atom is 0.312 e. The van der Waals surface area contributed by atoms with Crippen molar-refractivity contribution < 1.29 is 23.8 Å². The molecule has 156 valence electrons. The topological polar surface area (TPSA) is 61.8 Å². The standard InChI is InChI=1S/C27H18O5/c28-24-14-20(18-13-17-8-4-5-9-21(17)30-15-18)25-22(31-24)11-10-19-26(29)23(32-27(19)25)12-16-6-2-1-3-7-16/h1-13,20H,14-15H2/b23-12-/t20-/m1/s1. The monoisotopic (exact) mass is 422 g/mol. The van der Waals surface area contributed by atoms with Gasteiger partial charge in [-0.05, 0) is 41.5 Å². The Balaban J connectivity index is 1.45. The number of carbonyl (C=O) groups is 2. The maximum atomic E-state index is 13.1. The van der Waals surface area contributed by atoms with Crippen LogP contribution in [-0.2, 0) is 4.79 Å². The van der Waals surface area contributed by atoms with Crippen molar-refractivity contribution in [2.45, 2.75) is 12.3 Å². The molecule has 3 aromatic rings. The van der Waals surface area contributed by atoms with Crippen LogP contribution in [0, 0.1) is 0 Å². The molecule has 5 heteroatoms. The lowest BCUT2D eigenvalue weighted by Crippen LogP contribution is -2.24. The highest BCUT2D eigenvalue weighted by molar-refractivity contribution is 6.15. The van der Waals surface area contributed by atoms with Crippen LogP contribution < -0.4 is 14.2 Å². The number of fused-ring (bicyclic) bond motifs is 4. The first-order valence-electron chi connectivity index (χ1n) is 10.5. The summed E-state index contributed by atoms with van der Waals surface area (Å²) in [6.07, 6.45) is 3.96. The van der Waals surface area contributed by atoms with Gasteiger partial charge in [-0.2, -0.15) is 0 Å². The Hall–Kier alpha value is -4.12. The summed E-state index contributed by atoms with van der Waals surface area (Å²) in [5.74, 6) is 1.18. The third kappa shape index (κ3) is 3.02. The molecule has 0 fully saturated rings. The van der Waals surface area contributed by atoms with Gasteiger partial charge in [-0.15, -0.1) is 0 Å². The van der Waals surface area contributed by atoms with Crippen LogP contribution in [0.25, 0.3) is 12.2 Å². The quantitative estimate of drug-likeness (QED) is 0.324. The van der Waals surface area contributed by atoms with Crippen molar-refractivity contribution in [2.24, 2.45) is 0 Å². The van der Waals surface area contributed by atoms with Crippen molar-refractivity contribution in [3.8, 4) is 17.2 Å². The Morgan fingerprint density at radius 1 is 0.844 bits per heavy atom. The highest BCUT2D eigenvalue weighted by atomic mass is 16.5. The Morgan fingerprint density at radius 2 is 1.66 bits per heavy atom. The number of Topliss-reactive ketones (excluding diaryl/α,β-unsaturated/α-hetero) is 1. The molecule has 3 aliphatic heterocycles. The fourth-order valence-corrected chi connectivity index (χ4v) is 4.46. The van der Waals surface area contributed by atoms with Gasteiger partial charge in [-0.25, -0.2) is 0 Å². The lowest BCUT2D eigenvalue weighted by molar-refractivity contribution is -0.135. The molecule has 0 unspecified atom stereocenters. The van der Waals surface area contributed by atoms with Crippen molar-refractivity contribution in [3.05, 3.63) is 100 Å². The summed E-state index contributed by atoms with van der Waals surface area (Å²) >= 11 is 0. The van der Waals surface area contributed by atoms with E-state index < -0.39 is 0 Å². The Labute approximate surface area is 184 Å². The third-order valence-corrected chi connectivity index (χ3v) is 5.98. The number of allylic oxidation sites excluding steroid dienone is 1. The number of ketones is 1. The van der Waals surface area contributed by atoms with E-state index in [0.29, 0.717) is 23.7 Å². The Kier molecular flexibility index (Phi) is 4.21. The molecule has 0 radical (unpaired) electrons. The fraction of sp³-hybridized carbons (Fsp3) is 0.111. The number of carbonyl (C=O) groups excluding carboxylic acids is 2. The molecule has 5 nitrogen and oxygen atoms in total. The predicted molar refractivity (Wildman–Crippen MR) is 119 cm³/mol. The highest BCUT2D eigenvalue weighted by Crippen LogP contribution is 2.50. The normalized spacial score (nSPS) is 19.8. The van der Waals surface area contributed by atoms with Crippen LogP contribution in [0.15, 0.2) is 78.1 Å². The van der Waals surface area contributed by atoms with Gasteiger partial charge in [0.2, 0.25) is 5.78 Å². The molecule has 0 amide bonds. The van der Waals surface area contributed by atoms with Gasteiger partial charge in [0.1, 0.15) is 23.9 Å². The largest absolute Gasteiger partial charge is 0.489 e. The van der Waals surface area contributed by atoms with Crippen molar-refractivity contribution in [1.82, 2.24) is 0 Å². The predicted octanol–water partition coefficient (Wildman–Crippen LogP) is 5.17. The maximum absolute atomic E-state index is 13.1. The smallest absolute Gasteiger partial charge is 0.312 e. The zero-order chi connectivity index (χ0) is 21.7. The molecule has 3 heterocycles. The second-order valence-corrected chi connectivity index (χ2v) is 7.98. The summed E-state index contributed by atoms with van der Waals surface area (Å²) in [7, 11) is 0. The van der Waals surface area contributed by atoms with E-state index in [0.717, 1.165) is 28.0 Å². The molecule has 0 saturated heterocycles. The van der Waals surface area contributed by atoms with Gasteiger partial charge >= 0.3 is 5.97 Å². The molecule has 0 aliphatic carbocycles. The van der Waals surface area contributed by atoms with Gasteiger partial charge in [0.25, 0.3) is 0 Å². The van der Waals surface area contributed by atoms with Crippen LogP contribution in [0.4, 0.5) is 0 Å². The zero-order valence-corrected chi connectivity index (χ0v) is 17.0. The number of rotatable bonds is 2. The van der Waals surface area contributed by atoms with E-state index in [1.807, 2.05) is 54.6 Å². The molecule has 0 saturated carbocycles. The van der Waals surface area contributed by atoms with E-state index in [4.69, 9.17) is 14.2 Å². The first-order valence-corrected chi connectivity index (χ1v) is 10.5. The Morgan fingerprint density at radius 3 is 2.53 bits per heavy atom. The van der Waals surface area contributed by atoms with Crippen LogP contribution in [0.2, 0.25) is 0 Å². The van der Waals surface area contributed by atoms with Crippen molar-refractivity contribution >= 4 is 23.9 Å². The highest BCUT2D eigenvalue weighted by Gasteiger charge is 2.39. The number of hydrogen-bond donors (Lipinski definition) is 0. The second-order valence-electron chi connectivity index (χ2n) is 7.98. The minimum absolute atomic E-state index is 0.163. The van der Waals surface area contributed by atoms with Gasteiger partial charge in [0.15, 0.2) is 5.76 Å². The van der Waals surface area contributed by atoms with E-state index in [9.17, 15) is 9.59 Å². The molecule has 0 spiro atoms. The summed E-state index contributed by atoms with van der Waals surface area (Å²) in [5, 5.41) is 0. The molecule has 1 atom stereocenters. The van der Waals surface area contributed by atoms with Crippen LogP contribution in [0.3, 0.4) is 0 Å².